The number of hydrogen-bond acceptors (Lipinski definition) is 3. The van der Waals surface area contributed by atoms with Crippen LogP contribution in [0, 0.1) is 6.92 Å². The molecule has 0 bridgehead atoms. The molecule has 0 aliphatic carbocycles. The standard InChI is InChI=1S/C20H21ClN4/c1-13-5-7-15-19-17(16-11-14(21)6-8-18(16)23-19)12-25(20(15)22-13)10-4-9-24(2)3/h5-8,11-12H,4,9-10H2,1-3H3. The van der Waals surface area contributed by atoms with Crippen molar-refractivity contribution in [1.82, 2.24) is 19.4 Å². The van der Waals surface area contributed by atoms with Gasteiger partial charge < -0.3 is 9.47 Å². The maximum Gasteiger partial charge on any atom is 0.142 e. The molecule has 25 heavy (non-hydrogen) atoms. The fraction of sp³-hybridized carbons (Fsp3) is 0.300. The van der Waals surface area contributed by atoms with E-state index < -0.39 is 0 Å². The quantitative estimate of drug-likeness (QED) is 0.538. The fourth-order valence-electron chi connectivity index (χ4n) is 3.36. The van der Waals surface area contributed by atoms with Gasteiger partial charge in [0.25, 0.3) is 0 Å². The van der Waals surface area contributed by atoms with Crippen molar-refractivity contribution < 1.29 is 0 Å². The van der Waals surface area contributed by atoms with E-state index in [4.69, 9.17) is 21.6 Å². The van der Waals surface area contributed by atoms with Gasteiger partial charge in [0.1, 0.15) is 5.65 Å². The van der Waals surface area contributed by atoms with E-state index in [9.17, 15) is 0 Å². The summed E-state index contributed by atoms with van der Waals surface area (Å²) in [5.74, 6) is 0. The molecule has 0 amide bonds. The van der Waals surface area contributed by atoms with Crippen LogP contribution in [0.4, 0.5) is 0 Å². The second kappa shape index (κ2) is 6.28. The number of hydrogen-bond donors (Lipinski definition) is 0. The van der Waals surface area contributed by atoms with Gasteiger partial charge in [0.15, 0.2) is 0 Å². The van der Waals surface area contributed by atoms with Crippen LogP contribution in [0.1, 0.15) is 12.1 Å². The first-order valence-corrected chi connectivity index (χ1v) is 8.91. The summed E-state index contributed by atoms with van der Waals surface area (Å²) in [6, 6.07) is 10.1. The van der Waals surface area contributed by atoms with Crippen molar-refractivity contribution in [3.8, 4) is 11.3 Å². The highest BCUT2D eigenvalue weighted by molar-refractivity contribution is 6.31. The summed E-state index contributed by atoms with van der Waals surface area (Å²) in [5.41, 5.74) is 5.14. The predicted molar refractivity (Wildman–Crippen MR) is 105 cm³/mol. The average molecular weight is 353 g/mol. The molecule has 0 spiro atoms. The molecule has 0 saturated carbocycles. The molecule has 5 heteroatoms. The Bertz CT molecular complexity index is 1030. The zero-order valence-electron chi connectivity index (χ0n) is 14.8. The van der Waals surface area contributed by atoms with Crippen LogP contribution in [0.15, 0.2) is 36.5 Å². The van der Waals surface area contributed by atoms with Crippen LogP contribution in [0.25, 0.3) is 33.2 Å². The summed E-state index contributed by atoms with van der Waals surface area (Å²) >= 11 is 6.22. The van der Waals surface area contributed by atoms with Crippen molar-refractivity contribution in [3.63, 3.8) is 0 Å². The van der Waals surface area contributed by atoms with Gasteiger partial charge in [-0.3, -0.25) is 0 Å². The number of fused-ring (bicyclic) bond motifs is 5. The maximum absolute atomic E-state index is 6.22. The molecule has 0 atom stereocenters. The average Bonchev–Trinajstić information content (AvgIpc) is 2.92. The van der Waals surface area contributed by atoms with Crippen molar-refractivity contribution in [1.29, 1.82) is 0 Å². The minimum Gasteiger partial charge on any atom is -0.332 e. The van der Waals surface area contributed by atoms with Crippen LogP contribution in [0.5, 0.6) is 0 Å². The predicted octanol–water partition coefficient (Wildman–Crippen LogP) is 4.60. The Labute approximate surface area is 152 Å². The highest BCUT2D eigenvalue weighted by Gasteiger charge is 2.18. The summed E-state index contributed by atoms with van der Waals surface area (Å²) in [4.78, 5) is 11.8. The highest BCUT2D eigenvalue weighted by Crippen LogP contribution is 2.37. The number of halogens is 1. The van der Waals surface area contributed by atoms with Crippen molar-refractivity contribution in [2.75, 3.05) is 20.6 Å². The van der Waals surface area contributed by atoms with E-state index in [1.165, 1.54) is 0 Å². The van der Waals surface area contributed by atoms with Gasteiger partial charge in [0, 0.05) is 39.8 Å². The Morgan fingerprint density at radius 1 is 1.08 bits per heavy atom. The Hall–Kier alpha value is -2.17. The molecule has 0 unspecified atom stereocenters. The second-order valence-corrected chi connectivity index (χ2v) is 7.28. The molecule has 2 aromatic rings. The molecule has 1 aromatic carbocycles. The number of benzene rings is 1. The summed E-state index contributed by atoms with van der Waals surface area (Å²) in [7, 11) is 4.20. The monoisotopic (exact) mass is 352 g/mol. The fourth-order valence-corrected chi connectivity index (χ4v) is 3.53. The largest absolute Gasteiger partial charge is 0.332 e. The first-order chi connectivity index (χ1) is 12.0. The summed E-state index contributed by atoms with van der Waals surface area (Å²) in [6.07, 6.45) is 3.26. The number of aryl methyl sites for hydroxylation is 2. The maximum atomic E-state index is 6.22. The Kier molecular flexibility index (Phi) is 4.10. The van der Waals surface area contributed by atoms with Crippen molar-refractivity contribution in [3.05, 3.63) is 47.2 Å². The van der Waals surface area contributed by atoms with Crippen molar-refractivity contribution in [2.45, 2.75) is 19.9 Å². The van der Waals surface area contributed by atoms with Crippen LogP contribution in [-0.2, 0) is 6.54 Å². The summed E-state index contributed by atoms with van der Waals surface area (Å²) < 4.78 is 2.26. The molecule has 0 fully saturated rings. The molecular formula is C20H21ClN4. The van der Waals surface area contributed by atoms with E-state index >= 15 is 0 Å². The van der Waals surface area contributed by atoms with Crippen LogP contribution in [-0.4, -0.2) is 40.1 Å². The number of pyridine rings is 2. The molecule has 0 radical (unpaired) electrons. The third kappa shape index (κ3) is 2.96. The van der Waals surface area contributed by atoms with Gasteiger partial charge in [-0.25, -0.2) is 9.97 Å². The van der Waals surface area contributed by atoms with Crippen molar-refractivity contribution in [2.24, 2.45) is 0 Å². The molecule has 2 aliphatic rings. The van der Waals surface area contributed by atoms with Gasteiger partial charge in [0.2, 0.25) is 0 Å². The van der Waals surface area contributed by atoms with Gasteiger partial charge in [-0.15, -0.1) is 0 Å². The third-order valence-electron chi connectivity index (χ3n) is 4.57. The Balaban J connectivity index is 1.96. The molecule has 128 valence electrons. The molecule has 4 rings (SSSR count). The second-order valence-electron chi connectivity index (χ2n) is 6.84. The van der Waals surface area contributed by atoms with E-state index in [1.807, 2.05) is 25.1 Å². The van der Waals surface area contributed by atoms with Gasteiger partial charge in [-0.2, -0.15) is 0 Å². The Morgan fingerprint density at radius 2 is 1.92 bits per heavy atom. The molecule has 1 aromatic heterocycles. The van der Waals surface area contributed by atoms with Crippen LogP contribution < -0.4 is 0 Å². The van der Waals surface area contributed by atoms with Crippen LogP contribution >= 0.6 is 11.6 Å². The van der Waals surface area contributed by atoms with Crippen LogP contribution in [0.2, 0.25) is 5.02 Å². The number of rotatable bonds is 4. The Morgan fingerprint density at radius 3 is 2.72 bits per heavy atom. The molecular weight excluding hydrogens is 332 g/mol. The van der Waals surface area contributed by atoms with E-state index in [0.717, 1.165) is 63.4 Å². The lowest BCUT2D eigenvalue weighted by Crippen LogP contribution is -2.15. The van der Waals surface area contributed by atoms with Gasteiger partial charge in [-0.1, -0.05) is 11.6 Å². The van der Waals surface area contributed by atoms with Gasteiger partial charge in [0.05, 0.1) is 11.2 Å². The topological polar surface area (TPSA) is 34.0 Å². The van der Waals surface area contributed by atoms with Gasteiger partial charge in [-0.05, 0) is 64.3 Å². The van der Waals surface area contributed by atoms with Gasteiger partial charge >= 0.3 is 0 Å². The van der Waals surface area contributed by atoms with E-state index in [1.54, 1.807) is 0 Å². The first kappa shape index (κ1) is 16.3. The lowest BCUT2D eigenvalue weighted by molar-refractivity contribution is 0.387. The minimum absolute atomic E-state index is 0.739. The third-order valence-corrected chi connectivity index (χ3v) is 4.80. The molecule has 0 N–H and O–H groups in total. The molecule has 2 aliphatic heterocycles. The van der Waals surface area contributed by atoms with E-state index in [2.05, 4.69) is 41.9 Å². The smallest absolute Gasteiger partial charge is 0.142 e. The van der Waals surface area contributed by atoms with E-state index in [0.29, 0.717) is 0 Å². The highest BCUT2D eigenvalue weighted by atomic mass is 35.5. The zero-order chi connectivity index (χ0) is 17.6. The van der Waals surface area contributed by atoms with Crippen LogP contribution in [0.3, 0.4) is 0 Å². The number of aromatic nitrogens is 3. The lowest BCUT2D eigenvalue weighted by atomic mass is 10.1. The lowest BCUT2D eigenvalue weighted by Gasteiger charge is -2.16. The molecule has 0 saturated heterocycles. The minimum atomic E-state index is 0.739. The molecule has 3 heterocycles. The zero-order valence-corrected chi connectivity index (χ0v) is 15.5. The normalized spacial score (nSPS) is 12.0. The molecule has 4 nitrogen and oxygen atoms in total. The van der Waals surface area contributed by atoms with E-state index in [-0.39, 0.29) is 0 Å². The first-order valence-electron chi connectivity index (χ1n) is 8.53. The summed E-state index contributed by atoms with van der Waals surface area (Å²) in [5, 5.41) is 2.94. The van der Waals surface area contributed by atoms with Crippen molar-refractivity contribution >= 4 is 33.5 Å². The SMILES string of the molecule is Cc1ccc2c3nc4ccc(Cl)cc4c-3cn(CCCN(C)C)c2n1. The summed E-state index contributed by atoms with van der Waals surface area (Å²) in [6.45, 7) is 4.00. The number of nitrogens with zero attached hydrogens (tertiary/aromatic N) is 4.